The van der Waals surface area contributed by atoms with Crippen molar-refractivity contribution in [2.75, 3.05) is 33.3 Å². The van der Waals surface area contributed by atoms with Gasteiger partial charge < -0.3 is 5.11 Å². The minimum absolute atomic E-state index is 0.201. The number of nitrogens with zero attached hydrogens (tertiary/aromatic N) is 2. The maximum absolute atomic E-state index is 9.35. The molecule has 0 radical (unpaired) electrons. The summed E-state index contributed by atoms with van der Waals surface area (Å²) in [6, 6.07) is 0.256. The Morgan fingerprint density at radius 2 is 2.20 bits per heavy atom. The summed E-state index contributed by atoms with van der Waals surface area (Å²) in [4.78, 5) is 4.66. The molecule has 0 aliphatic carbocycles. The molecule has 1 aliphatic rings. The molecule has 1 heterocycles. The van der Waals surface area contributed by atoms with Crippen LogP contribution in [0.3, 0.4) is 0 Å². The van der Waals surface area contributed by atoms with Crippen molar-refractivity contribution in [2.24, 2.45) is 0 Å². The molecule has 1 rings (SSSR count). The minimum Gasteiger partial charge on any atom is -0.395 e. The van der Waals surface area contributed by atoms with Gasteiger partial charge in [0.05, 0.1) is 6.61 Å². The standard InChI is InChI=1S/C12H24N2O/c1-5-7-14-9-11(10-15)13(4)8-6-12(14,2)3/h5,11,15H,1,6-10H2,2-4H3. The van der Waals surface area contributed by atoms with Gasteiger partial charge in [0.1, 0.15) is 0 Å². The van der Waals surface area contributed by atoms with E-state index in [9.17, 15) is 5.11 Å². The van der Waals surface area contributed by atoms with Gasteiger partial charge in [-0.05, 0) is 27.3 Å². The van der Waals surface area contributed by atoms with Gasteiger partial charge in [0.25, 0.3) is 0 Å². The van der Waals surface area contributed by atoms with Crippen molar-refractivity contribution in [1.82, 2.24) is 9.80 Å². The minimum atomic E-state index is 0.201. The smallest absolute Gasteiger partial charge is 0.0599 e. The average Bonchev–Trinajstić information content (AvgIpc) is 2.29. The van der Waals surface area contributed by atoms with Crippen molar-refractivity contribution in [3.63, 3.8) is 0 Å². The summed E-state index contributed by atoms with van der Waals surface area (Å²) in [6.45, 7) is 11.4. The van der Waals surface area contributed by atoms with Crippen LogP contribution < -0.4 is 0 Å². The number of rotatable bonds is 3. The third-order valence-corrected chi connectivity index (χ3v) is 3.55. The SMILES string of the molecule is C=CCN1CC(CO)N(C)CCC1(C)C. The molecule has 3 heteroatoms. The molecular formula is C12H24N2O. The highest BCUT2D eigenvalue weighted by molar-refractivity contribution is 4.92. The van der Waals surface area contributed by atoms with Crippen LogP contribution in [0.1, 0.15) is 20.3 Å². The average molecular weight is 212 g/mol. The van der Waals surface area contributed by atoms with Crippen LogP contribution in [-0.4, -0.2) is 59.8 Å². The van der Waals surface area contributed by atoms with Gasteiger partial charge in [-0.15, -0.1) is 6.58 Å². The summed E-state index contributed by atoms with van der Waals surface area (Å²) in [5.74, 6) is 0. The molecule has 0 aromatic carbocycles. The van der Waals surface area contributed by atoms with Crippen molar-refractivity contribution < 1.29 is 5.11 Å². The Balaban J connectivity index is 2.76. The maximum atomic E-state index is 9.35. The van der Waals surface area contributed by atoms with E-state index in [-0.39, 0.29) is 18.2 Å². The maximum Gasteiger partial charge on any atom is 0.0599 e. The molecule has 0 spiro atoms. The van der Waals surface area contributed by atoms with E-state index in [1.165, 1.54) is 0 Å². The first-order chi connectivity index (χ1) is 7.01. The van der Waals surface area contributed by atoms with Crippen LogP contribution in [0.25, 0.3) is 0 Å². The number of aliphatic hydroxyl groups excluding tert-OH is 1. The van der Waals surface area contributed by atoms with E-state index >= 15 is 0 Å². The van der Waals surface area contributed by atoms with E-state index < -0.39 is 0 Å². The molecule has 0 bridgehead atoms. The molecule has 1 atom stereocenters. The van der Waals surface area contributed by atoms with Gasteiger partial charge in [-0.3, -0.25) is 9.80 Å². The van der Waals surface area contributed by atoms with Crippen LogP contribution in [0.2, 0.25) is 0 Å². The quantitative estimate of drug-likeness (QED) is 0.706. The van der Waals surface area contributed by atoms with Gasteiger partial charge in [0.2, 0.25) is 0 Å². The predicted octanol–water partition coefficient (Wildman–Crippen LogP) is 0.949. The predicted molar refractivity (Wildman–Crippen MR) is 64.0 cm³/mol. The van der Waals surface area contributed by atoms with Crippen LogP contribution in [0, 0.1) is 0 Å². The Morgan fingerprint density at radius 3 is 2.73 bits per heavy atom. The third-order valence-electron chi connectivity index (χ3n) is 3.55. The van der Waals surface area contributed by atoms with Crippen LogP contribution >= 0.6 is 0 Å². The summed E-state index contributed by atoms with van der Waals surface area (Å²) in [6.07, 6.45) is 3.08. The van der Waals surface area contributed by atoms with Gasteiger partial charge in [0.15, 0.2) is 0 Å². The second-order valence-corrected chi connectivity index (χ2v) is 5.07. The number of hydrogen-bond acceptors (Lipinski definition) is 3. The topological polar surface area (TPSA) is 26.7 Å². The van der Waals surface area contributed by atoms with E-state index in [4.69, 9.17) is 0 Å². The second kappa shape index (κ2) is 5.10. The Kier molecular flexibility index (Phi) is 4.32. The molecule has 1 saturated heterocycles. The molecule has 0 saturated carbocycles. The van der Waals surface area contributed by atoms with Gasteiger partial charge in [-0.25, -0.2) is 0 Å². The summed E-state index contributed by atoms with van der Waals surface area (Å²) in [5.41, 5.74) is 0.201. The van der Waals surface area contributed by atoms with E-state index in [1.54, 1.807) is 0 Å². The van der Waals surface area contributed by atoms with E-state index in [2.05, 4.69) is 37.3 Å². The summed E-state index contributed by atoms with van der Waals surface area (Å²) in [7, 11) is 2.09. The molecule has 0 aromatic heterocycles. The van der Waals surface area contributed by atoms with Crippen LogP contribution in [0.5, 0.6) is 0 Å². The second-order valence-electron chi connectivity index (χ2n) is 5.07. The number of hydrogen-bond donors (Lipinski definition) is 1. The van der Waals surface area contributed by atoms with Crippen LogP contribution in [0.4, 0.5) is 0 Å². The molecular weight excluding hydrogens is 188 g/mol. The lowest BCUT2D eigenvalue weighted by molar-refractivity contribution is 0.104. The lowest BCUT2D eigenvalue weighted by Crippen LogP contribution is -2.47. The summed E-state index contributed by atoms with van der Waals surface area (Å²) < 4.78 is 0. The molecule has 1 aliphatic heterocycles. The van der Waals surface area contributed by atoms with Crippen LogP contribution in [-0.2, 0) is 0 Å². The first-order valence-corrected chi connectivity index (χ1v) is 5.68. The summed E-state index contributed by atoms with van der Waals surface area (Å²) >= 11 is 0. The van der Waals surface area contributed by atoms with Crippen molar-refractivity contribution in [3.05, 3.63) is 12.7 Å². The van der Waals surface area contributed by atoms with Crippen molar-refractivity contribution in [2.45, 2.75) is 31.8 Å². The third kappa shape index (κ3) is 3.03. The van der Waals surface area contributed by atoms with Gasteiger partial charge in [0, 0.05) is 31.2 Å². The van der Waals surface area contributed by atoms with E-state index in [1.807, 2.05) is 6.08 Å². The van der Waals surface area contributed by atoms with Gasteiger partial charge in [-0.1, -0.05) is 6.08 Å². The zero-order valence-corrected chi connectivity index (χ0v) is 10.2. The van der Waals surface area contributed by atoms with Crippen LogP contribution in [0.15, 0.2) is 12.7 Å². The monoisotopic (exact) mass is 212 g/mol. The largest absolute Gasteiger partial charge is 0.395 e. The fourth-order valence-electron chi connectivity index (χ4n) is 2.11. The lowest BCUT2D eigenvalue weighted by atomic mass is 9.98. The molecule has 3 nitrogen and oxygen atoms in total. The fraction of sp³-hybridized carbons (Fsp3) is 0.833. The van der Waals surface area contributed by atoms with Crippen molar-refractivity contribution in [3.8, 4) is 0 Å². The van der Waals surface area contributed by atoms with Crippen molar-refractivity contribution in [1.29, 1.82) is 0 Å². The molecule has 0 aromatic rings. The Morgan fingerprint density at radius 1 is 1.53 bits per heavy atom. The molecule has 1 fully saturated rings. The highest BCUT2D eigenvalue weighted by Crippen LogP contribution is 2.23. The van der Waals surface area contributed by atoms with Gasteiger partial charge >= 0.3 is 0 Å². The highest BCUT2D eigenvalue weighted by atomic mass is 16.3. The number of aliphatic hydroxyl groups is 1. The Labute approximate surface area is 93.4 Å². The zero-order chi connectivity index (χ0) is 11.5. The molecule has 0 amide bonds. The summed E-state index contributed by atoms with van der Waals surface area (Å²) in [5, 5.41) is 9.35. The molecule has 15 heavy (non-hydrogen) atoms. The molecule has 1 N–H and O–H groups in total. The van der Waals surface area contributed by atoms with E-state index in [0.717, 1.165) is 26.1 Å². The fourth-order valence-corrected chi connectivity index (χ4v) is 2.11. The first-order valence-electron chi connectivity index (χ1n) is 5.68. The molecule has 88 valence electrons. The molecule has 1 unspecified atom stereocenters. The normalized spacial score (nSPS) is 28.7. The first kappa shape index (κ1) is 12.7. The number of likely N-dealkylation sites (N-methyl/N-ethyl adjacent to an activating group) is 1. The Hall–Kier alpha value is -0.380. The van der Waals surface area contributed by atoms with Gasteiger partial charge in [-0.2, -0.15) is 0 Å². The zero-order valence-electron chi connectivity index (χ0n) is 10.2. The van der Waals surface area contributed by atoms with E-state index in [0.29, 0.717) is 0 Å². The Bertz CT molecular complexity index is 216. The van der Waals surface area contributed by atoms with Crippen molar-refractivity contribution >= 4 is 0 Å². The highest BCUT2D eigenvalue weighted by Gasteiger charge is 2.32. The lowest BCUT2D eigenvalue weighted by Gasteiger charge is -2.37.